The molecule has 0 bridgehead atoms. The maximum atomic E-state index is 13.6. The third-order valence-corrected chi connectivity index (χ3v) is 5.05. The number of anilines is 2. The van der Waals surface area contributed by atoms with E-state index in [0.29, 0.717) is 0 Å². The number of carbonyl (C=O) groups excluding carboxylic acids is 1. The molecule has 3 aromatic rings. The molecule has 0 heterocycles. The van der Waals surface area contributed by atoms with Crippen LogP contribution in [0.1, 0.15) is 10.4 Å². The molecule has 0 aliphatic carbocycles. The van der Waals surface area contributed by atoms with Crippen LogP contribution >= 0.6 is 0 Å². The Bertz CT molecular complexity index is 1080. The van der Waals surface area contributed by atoms with Crippen LogP contribution in [-0.2, 0) is 10.0 Å². The van der Waals surface area contributed by atoms with Crippen LogP contribution in [0.4, 0.5) is 20.2 Å². The highest BCUT2D eigenvalue weighted by Gasteiger charge is 2.17. The predicted octanol–water partition coefficient (Wildman–Crippen LogP) is 4.02. The fourth-order valence-corrected chi connectivity index (χ4v) is 3.36. The third kappa shape index (κ3) is 4.29. The summed E-state index contributed by atoms with van der Waals surface area (Å²) in [5.74, 6) is -1.88. The lowest BCUT2D eigenvalue weighted by atomic mass is 10.2. The van der Waals surface area contributed by atoms with Crippen LogP contribution in [0, 0.1) is 11.6 Å². The number of hydrogen-bond acceptors (Lipinski definition) is 3. The average molecular weight is 388 g/mol. The van der Waals surface area contributed by atoms with Crippen LogP contribution in [0.3, 0.4) is 0 Å². The molecule has 27 heavy (non-hydrogen) atoms. The Labute approximate surface area is 154 Å². The van der Waals surface area contributed by atoms with Gasteiger partial charge in [0.25, 0.3) is 15.9 Å². The van der Waals surface area contributed by atoms with E-state index >= 15 is 0 Å². The van der Waals surface area contributed by atoms with Crippen molar-refractivity contribution >= 4 is 27.3 Å². The number of halogens is 2. The first-order valence-electron chi connectivity index (χ1n) is 7.80. The van der Waals surface area contributed by atoms with Crippen molar-refractivity contribution in [3.63, 3.8) is 0 Å². The molecule has 0 spiro atoms. The van der Waals surface area contributed by atoms with Gasteiger partial charge in [-0.1, -0.05) is 24.3 Å². The zero-order valence-electron chi connectivity index (χ0n) is 13.8. The Hall–Kier alpha value is -3.26. The van der Waals surface area contributed by atoms with Gasteiger partial charge in [-0.15, -0.1) is 0 Å². The fourth-order valence-electron chi connectivity index (χ4n) is 2.29. The minimum Gasteiger partial charge on any atom is -0.319 e. The van der Waals surface area contributed by atoms with Gasteiger partial charge in [-0.2, -0.15) is 0 Å². The van der Waals surface area contributed by atoms with E-state index in [1.54, 1.807) is 6.07 Å². The summed E-state index contributed by atoms with van der Waals surface area (Å²) in [5.41, 5.74) is -0.0256. The molecule has 0 aromatic heterocycles. The minimum atomic E-state index is -4.03. The molecule has 0 aliphatic heterocycles. The monoisotopic (exact) mass is 388 g/mol. The normalized spacial score (nSPS) is 11.0. The number of sulfonamides is 1. The van der Waals surface area contributed by atoms with Gasteiger partial charge in [0.2, 0.25) is 0 Å². The van der Waals surface area contributed by atoms with E-state index in [1.807, 2.05) is 0 Å². The Morgan fingerprint density at radius 2 is 1.26 bits per heavy atom. The average Bonchev–Trinajstić information content (AvgIpc) is 2.65. The van der Waals surface area contributed by atoms with Crippen molar-refractivity contribution in [1.82, 2.24) is 0 Å². The summed E-state index contributed by atoms with van der Waals surface area (Å²) in [7, 11) is -4.03. The molecule has 138 valence electrons. The van der Waals surface area contributed by atoms with Crippen LogP contribution in [-0.4, -0.2) is 14.3 Å². The lowest BCUT2D eigenvalue weighted by Crippen LogP contribution is -2.15. The zero-order valence-corrected chi connectivity index (χ0v) is 14.6. The Kier molecular flexibility index (Phi) is 5.18. The number of amides is 1. The second-order valence-corrected chi connectivity index (χ2v) is 7.23. The molecule has 1 amide bonds. The molecule has 3 aromatic carbocycles. The van der Waals surface area contributed by atoms with E-state index in [9.17, 15) is 22.0 Å². The standard InChI is InChI=1S/C19H14F2N2O3S/c20-15-5-1-3-7-17(15)22-19(24)13-9-11-14(12-10-13)27(25,26)23-18-8-4-2-6-16(18)21/h1-12,23H,(H,22,24). The molecule has 8 heteroatoms. The van der Waals surface area contributed by atoms with E-state index in [2.05, 4.69) is 10.0 Å². The Morgan fingerprint density at radius 3 is 1.81 bits per heavy atom. The highest BCUT2D eigenvalue weighted by Crippen LogP contribution is 2.20. The number of hydrogen-bond donors (Lipinski definition) is 2. The minimum absolute atomic E-state index is 0.0143. The summed E-state index contributed by atoms with van der Waals surface area (Å²) in [6, 6.07) is 16.0. The van der Waals surface area contributed by atoms with Gasteiger partial charge < -0.3 is 5.32 Å². The molecule has 0 fully saturated rings. The van der Waals surface area contributed by atoms with Gasteiger partial charge in [0.1, 0.15) is 11.6 Å². The van der Waals surface area contributed by atoms with E-state index < -0.39 is 27.6 Å². The fraction of sp³-hybridized carbons (Fsp3) is 0. The van der Waals surface area contributed by atoms with E-state index in [1.165, 1.54) is 60.7 Å². The molecule has 0 atom stereocenters. The van der Waals surface area contributed by atoms with Crippen LogP contribution in [0.5, 0.6) is 0 Å². The Morgan fingerprint density at radius 1 is 0.741 bits per heavy atom. The lowest BCUT2D eigenvalue weighted by molar-refractivity contribution is 0.102. The van der Waals surface area contributed by atoms with Crippen molar-refractivity contribution < 1.29 is 22.0 Å². The molecular formula is C19H14F2N2O3S. The van der Waals surface area contributed by atoms with Crippen molar-refractivity contribution in [3.8, 4) is 0 Å². The third-order valence-electron chi connectivity index (χ3n) is 3.67. The topological polar surface area (TPSA) is 75.3 Å². The van der Waals surface area contributed by atoms with Gasteiger partial charge in [0, 0.05) is 5.56 Å². The summed E-state index contributed by atoms with van der Waals surface area (Å²) >= 11 is 0. The van der Waals surface area contributed by atoms with Gasteiger partial charge in [-0.3, -0.25) is 9.52 Å². The first-order chi connectivity index (χ1) is 12.9. The molecule has 0 aliphatic rings. The maximum Gasteiger partial charge on any atom is 0.261 e. The number of nitrogens with one attached hydrogen (secondary N) is 2. The highest BCUT2D eigenvalue weighted by atomic mass is 32.2. The molecule has 0 radical (unpaired) electrons. The molecule has 3 rings (SSSR count). The smallest absolute Gasteiger partial charge is 0.261 e. The number of benzene rings is 3. The second kappa shape index (κ2) is 7.55. The van der Waals surface area contributed by atoms with Crippen molar-refractivity contribution in [2.75, 3.05) is 10.0 Å². The van der Waals surface area contributed by atoms with Gasteiger partial charge in [0.15, 0.2) is 0 Å². The SMILES string of the molecule is O=C(Nc1ccccc1F)c1ccc(S(=O)(=O)Nc2ccccc2F)cc1. The van der Waals surface area contributed by atoms with E-state index in [4.69, 9.17) is 0 Å². The first-order valence-corrected chi connectivity index (χ1v) is 9.28. The number of rotatable bonds is 5. The van der Waals surface area contributed by atoms with Crippen LogP contribution < -0.4 is 10.0 Å². The summed E-state index contributed by atoms with van der Waals surface area (Å²) in [6.07, 6.45) is 0. The first kappa shape index (κ1) is 18.5. The van der Waals surface area contributed by atoms with Gasteiger partial charge in [0.05, 0.1) is 16.3 Å². The molecule has 0 saturated carbocycles. The Balaban J connectivity index is 1.77. The lowest BCUT2D eigenvalue weighted by Gasteiger charge is -2.10. The van der Waals surface area contributed by atoms with Crippen LogP contribution in [0.2, 0.25) is 0 Å². The van der Waals surface area contributed by atoms with Gasteiger partial charge in [-0.05, 0) is 48.5 Å². The van der Waals surface area contributed by atoms with E-state index in [-0.39, 0.29) is 21.8 Å². The van der Waals surface area contributed by atoms with Gasteiger partial charge >= 0.3 is 0 Å². The predicted molar refractivity (Wildman–Crippen MR) is 98.0 cm³/mol. The summed E-state index contributed by atoms with van der Waals surface area (Å²) in [5, 5.41) is 2.40. The van der Waals surface area contributed by atoms with Crippen molar-refractivity contribution in [1.29, 1.82) is 0 Å². The number of para-hydroxylation sites is 2. The van der Waals surface area contributed by atoms with Gasteiger partial charge in [-0.25, -0.2) is 17.2 Å². The van der Waals surface area contributed by atoms with Crippen molar-refractivity contribution in [3.05, 3.63) is 90.0 Å². The number of carbonyl (C=O) groups is 1. The second-order valence-electron chi connectivity index (χ2n) is 5.54. The molecule has 5 nitrogen and oxygen atoms in total. The molecule has 2 N–H and O–H groups in total. The molecule has 0 saturated heterocycles. The molecular weight excluding hydrogens is 374 g/mol. The van der Waals surface area contributed by atoms with Crippen LogP contribution in [0.15, 0.2) is 77.7 Å². The summed E-state index contributed by atoms with van der Waals surface area (Å²) in [6.45, 7) is 0. The highest BCUT2D eigenvalue weighted by molar-refractivity contribution is 7.92. The summed E-state index contributed by atoms with van der Waals surface area (Å²) in [4.78, 5) is 12.0. The quantitative estimate of drug-likeness (QED) is 0.693. The summed E-state index contributed by atoms with van der Waals surface area (Å²) < 4.78 is 54.1. The largest absolute Gasteiger partial charge is 0.319 e. The van der Waals surface area contributed by atoms with Crippen molar-refractivity contribution in [2.24, 2.45) is 0 Å². The van der Waals surface area contributed by atoms with Crippen molar-refractivity contribution in [2.45, 2.75) is 4.90 Å². The van der Waals surface area contributed by atoms with Crippen LogP contribution in [0.25, 0.3) is 0 Å². The maximum absolute atomic E-state index is 13.6. The molecule has 0 unspecified atom stereocenters. The zero-order chi connectivity index (χ0) is 19.4. The van der Waals surface area contributed by atoms with E-state index in [0.717, 1.165) is 6.07 Å².